The van der Waals surface area contributed by atoms with Crippen LogP contribution in [0.3, 0.4) is 0 Å². The average molecular weight is 341 g/mol. The van der Waals surface area contributed by atoms with E-state index in [-0.39, 0.29) is 6.08 Å². The largest absolute Gasteiger partial charge is 0.385 e. The van der Waals surface area contributed by atoms with Gasteiger partial charge in [-0.2, -0.15) is 52.7 Å². The first-order valence-corrected chi connectivity index (χ1v) is 4.62. The molecular formula is C9H5F12. The van der Waals surface area contributed by atoms with Crippen LogP contribution in [0.25, 0.3) is 0 Å². The molecule has 0 rings (SSSR count). The van der Waals surface area contributed by atoms with Crippen molar-refractivity contribution < 1.29 is 52.7 Å². The number of halogens is 12. The fraction of sp³-hybridized carbons (Fsp3) is 0.778. The number of rotatable bonds is 6. The molecule has 0 N–H and O–H groups in total. The zero-order chi connectivity index (χ0) is 17.7. The monoisotopic (exact) mass is 341 g/mol. The van der Waals surface area contributed by atoms with Gasteiger partial charge in [0.2, 0.25) is 0 Å². The van der Waals surface area contributed by atoms with Crippen LogP contribution >= 0.6 is 0 Å². The second-order valence-electron chi connectivity index (χ2n) is 3.94. The summed E-state index contributed by atoms with van der Waals surface area (Å²) in [6.45, 7) is 0.871. The van der Waals surface area contributed by atoms with Gasteiger partial charge in [0.1, 0.15) is 0 Å². The van der Waals surface area contributed by atoms with E-state index in [1.165, 1.54) is 0 Å². The third-order valence-corrected chi connectivity index (χ3v) is 2.35. The molecule has 0 heterocycles. The quantitative estimate of drug-likeness (QED) is 0.609. The highest BCUT2D eigenvalue weighted by Crippen LogP contribution is 2.59. The van der Waals surface area contributed by atoms with Crippen LogP contribution in [0.15, 0.2) is 6.58 Å². The first kappa shape index (κ1) is 19.9. The van der Waals surface area contributed by atoms with Gasteiger partial charge in [0, 0.05) is 13.0 Å². The second kappa shape index (κ2) is 4.70. The Bertz CT molecular complexity index is 401. The van der Waals surface area contributed by atoms with Crippen molar-refractivity contribution in [3.8, 4) is 0 Å². The summed E-state index contributed by atoms with van der Waals surface area (Å²) in [6.07, 6.45) is -0.0291. The van der Waals surface area contributed by atoms with E-state index < -0.39 is 42.5 Å². The molecule has 0 unspecified atom stereocenters. The highest BCUT2D eigenvalue weighted by molar-refractivity contribution is 5.12. The minimum atomic E-state index is -7.53. The van der Waals surface area contributed by atoms with E-state index in [0.717, 1.165) is 0 Å². The van der Waals surface area contributed by atoms with Gasteiger partial charge in [-0.1, -0.05) is 6.58 Å². The SMILES string of the molecule is C=[C]C(F)(F)C(F)(F)C(F)(F)C(F)(F)C(F)(F)C(C)(F)F. The topological polar surface area (TPSA) is 0 Å². The molecule has 0 bridgehead atoms. The summed E-state index contributed by atoms with van der Waals surface area (Å²) in [5, 5.41) is 0. The Morgan fingerprint density at radius 3 is 1.10 bits per heavy atom. The number of hydrogen-bond acceptors (Lipinski definition) is 0. The molecule has 0 nitrogen and oxygen atoms in total. The molecule has 0 saturated heterocycles. The maximum absolute atomic E-state index is 12.8. The van der Waals surface area contributed by atoms with Crippen molar-refractivity contribution in [3.63, 3.8) is 0 Å². The first-order chi connectivity index (χ1) is 8.81. The highest BCUT2D eigenvalue weighted by Gasteiger charge is 2.89. The second-order valence-corrected chi connectivity index (χ2v) is 3.94. The summed E-state index contributed by atoms with van der Waals surface area (Å²) in [4.78, 5) is 0. The fourth-order valence-electron chi connectivity index (χ4n) is 0.978. The third-order valence-electron chi connectivity index (χ3n) is 2.35. The minimum absolute atomic E-state index is 0.0291. The number of hydrogen-bond donors (Lipinski definition) is 0. The molecule has 21 heavy (non-hydrogen) atoms. The Morgan fingerprint density at radius 2 is 0.857 bits per heavy atom. The summed E-state index contributed by atoms with van der Waals surface area (Å²) in [5.74, 6) is -41.3. The van der Waals surface area contributed by atoms with Crippen LogP contribution in [0.4, 0.5) is 52.7 Å². The Hall–Kier alpha value is -1.10. The molecule has 0 saturated carbocycles. The average Bonchev–Trinajstić information content (AvgIpc) is 2.26. The zero-order valence-corrected chi connectivity index (χ0v) is 9.74. The van der Waals surface area contributed by atoms with Crippen LogP contribution in [-0.2, 0) is 0 Å². The molecule has 12 heteroatoms. The molecule has 0 aliphatic heterocycles. The molecule has 0 aliphatic rings. The Balaban J connectivity index is 6.20. The van der Waals surface area contributed by atoms with Crippen molar-refractivity contribution in [2.24, 2.45) is 0 Å². The molecule has 0 fully saturated rings. The van der Waals surface area contributed by atoms with Crippen LogP contribution in [0, 0.1) is 6.08 Å². The summed E-state index contributed by atoms with van der Waals surface area (Å²) >= 11 is 0. The van der Waals surface area contributed by atoms with Gasteiger partial charge in [0.05, 0.1) is 0 Å². The van der Waals surface area contributed by atoms with E-state index in [1.54, 1.807) is 0 Å². The van der Waals surface area contributed by atoms with Crippen molar-refractivity contribution in [1.29, 1.82) is 0 Å². The lowest BCUT2D eigenvalue weighted by molar-refractivity contribution is -0.419. The van der Waals surface area contributed by atoms with Gasteiger partial charge in [0.15, 0.2) is 0 Å². The number of allylic oxidation sites excluding steroid dienone is 1. The van der Waals surface area contributed by atoms with Gasteiger partial charge in [-0.15, -0.1) is 0 Å². The Kier molecular flexibility index (Phi) is 4.45. The molecule has 0 aromatic carbocycles. The van der Waals surface area contributed by atoms with Crippen LogP contribution in [-0.4, -0.2) is 35.5 Å². The van der Waals surface area contributed by atoms with Gasteiger partial charge < -0.3 is 0 Å². The van der Waals surface area contributed by atoms with E-state index in [2.05, 4.69) is 0 Å². The lowest BCUT2D eigenvalue weighted by Crippen LogP contribution is -2.70. The molecule has 0 aromatic heterocycles. The van der Waals surface area contributed by atoms with Crippen molar-refractivity contribution in [2.45, 2.75) is 42.5 Å². The van der Waals surface area contributed by atoms with Crippen LogP contribution < -0.4 is 0 Å². The maximum Gasteiger partial charge on any atom is 0.385 e. The predicted octanol–water partition coefficient (Wildman–Crippen LogP) is 4.81. The molecule has 0 amide bonds. The van der Waals surface area contributed by atoms with Gasteiger partial charge >= 0.3 is 35.5 Å². The lowest BCUT2D eigenvalue weighted by Gasteiger charge is -2.39. The van der Waals surface area contributed by atoms with Crippen LogP contribution in [0.1, 0.15) is 6.92 Å². The summed E-state index contributed by atoms with van der Waals surface area (Å²) in [7, 11) is 0. The molecule has 1 radical (unpaired) electrons. The highest BCUT2D eigenvalue weighted by atomic mass is 19.4. The van der Waals surface area contributed by atoms with Crippen molar-refractivity contribution in [3.05, 3.63) is 12.7 Å². The third kappa shape index (κ3) is 2.45. The lowest BCUT2D eigenvalue weighted by atomic mass is 9.92. The summed E-state index contributed by atoms with van der Waals surface area (Å²) in [6, 6.07) is 0. The van der Waals surface area contributed by atoms with E-state index in [0.29, 0.717) is 0 Å². The molecule has 125 valence electrons. The Morgan fingerprint density at radius 1 is 0.571 bits per heavy atom. The van der Waals surface area contributed by atoms with Gasteiger partial charge in [-0.3, -0.25) is 0 Å². The zero-order valence-electron chi connectivity index (χ0n) is 9.74. The van der Waals surface area contributed by atoms with E-state index in [1.807, 2.05) is 6.58 Å². The van der Waals surface area contributed by atoms with Gasteiger partial charge in [-0.05, 0) is 0 Å². The summed E-state index contributed by atoms with van der Waals surface area (Å²) in [5.41, 5.74) is 0. The first-order valence-electron chi connectivity index (χ1n) is 4.62. The molecule has 0 aliphatic carbocycles. The van der Waals surface area contributed by atoms with Crippen molar-refractivity contribution >= 4 is 0 Å². The Labute approximate surface area is 109 Å². The fourth-order valence-corrected chi connectivity index (χ4v) is 0.978. The summed E-state index contributed by atoms with van der Waals surface area (Å²) < 4.78 is 151. The van der Waals surface area contributed by atoms with Gasteiger partial charge in [0.25, 0.3) is 0 Å². The maximum atomic E-state index is 12.8. The van der Waals surface area contributed by atoms with Crippen molar-refractivity contribution in [2.75, 3.05) is 0 Å². The van der Waals surface area contributed by atoms with E-state index in [4.69, 9.17) is 0 Å². The normalized spacial score (nSPS) is 16.0. The van der Waals surface area contributed by atoms with E-state index >= 15 is 0 Å². The predicted molar refractivity (Wildman–Crippen MR) is 44.2 cm³/mol. The van der Waals surface area contributed by atoms with Crippen LogP contribution in [0.5, 0.6) is 0 Å². The number of alkyl halides is 12. The molecule has 0 atom stereocenters. The molecular weight excluding hydrogens is 336 g/mol. The molecule has 0 spiro atoms. The smallest absolute Gasteiger partial charge is 0.200 e. The standard InChI is InChI=1S/C9H5F12/c1-3-5(12,13)7(16,17)9(20,21)8(18,19)6(14,15)4(2,10)11/h1H2,2H3. The molecule has 0 aromatic rings. The van der Waals surface area contributed by atoms with Crippen LogP contribution in [0.2, 0.25) is 0 Å². The minimum Gasteiger partial charge on any atom is -0.200 e. The van der Waals surface area contributed by atoms with E-state index in [9.17, 15) is 52.7 Å². The van der Waals surface area contributed by atoms with Gasteiger partial charge in [-0.25, -0.2) is 0 Å². The van der Waals surface area contributed by atoms with Crippen molar-refractivity contribution in [1.82, 2.24) is 0 Å².